The van der Waals surface area contributed by atoms with Crippen LogP contribution in [0.25, 0.3) is 5.69 Å². The van der Waals surface area contributed by atoms with Crippen LogP contribution in [0.5, 0.6) is 5.75 Å². The highest BCUT2D eigenvalue weighted by atomic mass is 79.9. The Hall–Kier alpha value is -3.73. The molecular formula is C30H31BrN4O4S. The first kappa shape index (κ1) is 29.3. The van der Waals surface area contributed by atoms with Gasteiger partial charge in [-0.1, -0.05) is 52.3 Å². The first-order chi connectivity index (χ1) is 19.2. The second kappa shape index (κ2) is 13.1. The fourth-order valence-corrected chi connectivity index (χ4v) is 6.16. The maximum atomic E-state index is 13.5. The van der Waals surface area contributed by atoms with E-state index >= 15 is 0 Å². The molecule has 0 bridgehead atoms. The number of aromatic nitrogens is 1. The molecule has 1 aromatic heterocycles. The fraction of sp³-hybridized carbons (Fsp3) is 0.200. The number of benzene rings is 3. The van der Waals surface area contributed by atoms with Crippen molar-refractivity contribution >= 4 is 38.1 Å². The average molecular weight is 624 g/mol. The average Bonchev–Trinajstić information content (AvgIpc) is 3.23. The van der Waals surface area contributed by atoms with Gasteiger partial charge in [0.2, 0.25) is 10.0 Å². The van der Waals surface area contributed by atoms with E-state index in [1.54, 1.807) is 18.3 Å². The smallest absolute Gasteiger partial charge is 0.255 e. The number of aryl methyl sites for hydroxylation is 1. The van der Waals surface area contributed by atoms with E-state index in [2.05, 4.69) is 31.0 Å². The number of sulfonamides is 1. The van der Waals surface area contributed by atoms with Gasteiger partial charge in [0.15, 0.2) is 0 Å². The van der Waals surface area contributed by atoms with Crippen LogP contribution in [-0.2, 0) is 21.2 Å². The number of hydrazone groups is 1. The van der Waals surface area contributed by atoms with Gasteiger partial charge in [-0.15, -0.1) is 0 Å². The van der Waals surface area contributed by atoms with Gasteiger partial charge in [0.25, 0.3) is 5.91 Å². The molecule has 0 unspecified atom stereocenters. The Balaban J connectivity index is 1.49. The molecule has 10 heteroatoms. The molecule has 208 valence electrons. The van der Waals surface area contributed by atoms with E-state index in [0.29, 0.717) is 12.2 Å². The molecule has 0 aliphatic carbocycles. The SMILES string of the molecule is COc1ccc(S(=O)(=O)N(CCc2ccccc2)CC(=O)N/N=C/c2cc(C)n(-c3cccc(Br)c3)c2C)cc1. The largest absolute Gasteiger partial charge is 0.497 e. The Morgan fingerprint density at radius 2 is 1.75 bits per heavy atom. The van der Waals surface area contributed by atoms with Crippen molar-refractivity contribution < 1.29 is 17.9 Å². The second-order valence-electron chi connectivity index (χ2n) is 9.18. The summed E-state index contributed by atoms with van der Waals surface area (Å²) in [5.41, 5.74) is 7.28. The van der Waals surface area contributed by atoms with E-state index in [0.717, 1.165) is 32.7 Å². The van der Waals surface area contributed by atoms with Crippen LogP contribution in [0.3, 0.4) is 0 Å². The lowest BCUT2D eigenvalue weighted by molar-refractivity contribution is -0.121. The Kier molecular flexibility index (Phi) is 9.57. The quantitative estimate of drug-likeness (QED) is 0.183. The van der Waals surface area contributed by atoms with Gasteiger partial charge in [0.05, 0.1) is 24.8 Å². The van der Waals surface area contributed by atoms with E-state index in [9.17, 15) is 13.2 Å². The van der Waals surface area contributed by atoms with Crippen LogP contribution in [0.4, 0.5) is 0 Å². The Morgan fingerprint density at radius 3 is 2.42 bits per heavy atom. The molecular weight excluding hydrogens is 592 g/mol. The van der Waals surface area contributed by atoms with Crippen molar-refractivity contribution in [2.75, 3.05) is 20.2 Å². The predicted molar refractivity (Wildman–Crippen MR) is 161 cm³/mol. The van der Waals surface area contributed by atoms with Crippen LogP contribution in [0.1, 0.15) is 22.5 Å². The zero-order chi connectivity index (χ0) is 28.7. The molecule has 4 rings (SSSR count). The van der Waals surface area contributed by atoms with Gasteiger partial charge < -0.3 is 9.30 Å². The third-order valence-electron chi connectivity index (χ3n) is 6.44. The highest BCUT2D eigenvalue weighted by Gasteiger charge is 2.26. The lowest BCUT2D eigenvalue weighted by atomic mass is 10.1. The zero-order valence-electron chi connectivity index (χ0n) is 22.5. The van der Waals surface area contributed by atoms with Crippen molar-refractivity contribution in [3.63, 3.8) is 0 Å². The molecule has 8 nitrogen and oxygen atoms in total. The minimum absolute atomic E-state index is 0.0812. The fourth-order valence-electron chi connectivity index (χ4n) is 4.38. The van der Waals surface area contributed by atoms with Crippen molar-refractivity contribution in [2.24, 2.45) is 5.10 Å². The summed E-state index contributed by atoms with van der Waals surface area (Å²) in [5.74, 6) is 0.00308. The molecule has 0 aliphatic heterocycles. The van der Waals surface area contributed by atoms with Crippen LogP contribution in [0, 0.1) is 13.8 Å². The molecule has 0 aliphatic rings. The molecule has 0 atom stereocenters. The summed E-state index contributed by atoms with van der Waals surface area (Å²) in [6.45, 7) is 3.72. The van der Waals surface area contributed by atoms with Crippen LogP contribution in [-0.4, -0.2) is 49.6 Å². The van der Waals surface area contributed by atoms with Crippen LogP contribution >= 0.6 is 15.9 Å². The third-order valence-corrected chi connectivity index (χ3v) is 8.79. The molecule has 0 saturated carbocycles. The Labute approximate surface area is 243 Å². The van der Waals surface area contributed by atoms with E-state index in [1.807, 2.05) is 74.5 Å². The van der Waals surface area contributed by atoms with Gasteiger partial charge in [0, 0.05) is 33.7 Å². The summed E-state index contributed by atoms with van der Waals surface area (Å²) in [5, 5.41) is 4.13. The molecule has 0 spiro atoms. The first-order valence-corrected chi connectivity index (χ1v) is 14.9. The number of halogens is 1. The normalized spacial score (nSPS) is 11.7. The molecule has 0 fully saturated rings. The maximum absolute atomic E-state index is 13.5. The highest BCUT2D eigenvalue weighted by Crippen LogP contribution is 2.23. The van der Waals surface area contributed by atoms with Gasteiger partial charge in [-0.2, -0.15) is 9.41 Å². The topological polar surface area (TPSA) is 93.0 Å². The molecule has 1 heterocycles. The number of hydrogen-bond donors (Lipinski definition) is 1. The number of rotatable bonds is 11. The lowest BCUT2D eigenvalue weighted by Crippen LogP contribution is -2.40. The van der Waals surface area contributed by atoms with E-state index in [4.69, 9.17) is 4.74 Å². The third kappa shape index (κ3) is 7.07. The molecule has 4 aromatic rings. The van der Waals surface area contributed by atoms with Crippen molar-refractivity contribution in [3.05, 3.63) is 112 Å². The van der Waals surface area contributed by atoms with Crippen LogP contribution in [0.2, 0.25) is 0 Å². The van der Waals surface area contributed by atoms with Gasteiger partial charge in [-0.25, -0.2) is 13.8 Å². The van der Waals surface area contributed by atoms with E-state index in [-0.39, 0.29) is 18.0 Å². The summed E-state index contributed by atoms with van der Waals surface area (Å²) in [7, 11) is -2.44. The molecule has 0 saturated heterocycles. The van der Waals surface area contributed by atoms with Crippen LogP contribution < -0.4 is 10.2 Å². The molecule has 0 radical (unpaired) electrons. The number of carbonyl (C=O) groups excluding carboxylic acids is 1. The van der Waals surface area contributed by atoms with Gasteiger partial charge >= 0.3 is 0 Å². The highest BCUT2D eigenvalue weighted by molar-refractivity contribution is 9.10. The summed E-state index contributed by atoms with van der Waals surface area (Å²) >= 11 is 3.51. The maximum Gasteiger partial charge on any atom is 0.255 e. The van der Waals surface area contributed by atoms with Crippen molar-refractivity contribution in [1.29, 1.82) is 0 Å². The standard InChI is InChI=1S/C30H31BrN4O4S/c1-22-18-25(23(2)35(22)27-11-7-10-26(31)19-27)20-32-33-30(36)21-34(17-16-24-8-5-4-6-9-24)40(37,38)29-14-12-28(39-3)13-15-29/h4-15,18-20H,16-17,21H2,1-3H3,(H,33,36)/b32-20+. The summed E-state index contributed by atoms with van der Waals surface area (Å²) < 4.78 is 36.4. The number of carbonyl (C=O) groups is 1. The number of hydrogen-bond acceptors (Lipinski definition) is 5. The summed E-state index contributed by atoms with van der Waals surface area (Å²) in [6, 6.07) is 25.6. The Morgan fingerprint density at radius 1 is 1.02 bits per heavy atom. The summed E-state index contributed by atoms with van der Waals surface area (Å²) in [6.07, 6.45) is 2.02. The number of nitrogens with one attached hydrogen (secondary N) is 1. The lowest BCUT2D eigenvalue weighted by Gasteiger charge is -2.21. The molecule has 3 aromatic carbocycles. The first-order valence-electron chi connectivity index (χ1n) is 12.6. The second-order valence-corrected chi connectivity index (χ2v) is 12.0. The molecule has 1 N–H and O–H groups in total. The molecule has 40 heavy (non-hydrogen) atoms. The van der Waals surface area contributed by atoms with Gasteiger partial charge in [-0.3, -0.25) is 4.79 Å². The summed E-state index contributed by atoms with van der Waals surface area (Å²) in [4.78, 5) is 13.0. The molecule has 1 amide bonds. The van der Waals surface area contributed by atoms with E-state index in [1.165, 1.54) is 23.5 Å². The number of methoxy groups -OCH3 is 1. The minimum atomic E-state index is -3.95. The van der Waals surface area contributed by atoms with Crippen molar-refractivity contribution in [1.82, 2.24) is 14.3 Å². The number of ether oxygens (including phenoxy) is 1. The monoisotopic (exact) mass is 622 g/mol. The zero-order valence-corrected chi connectivity index (χ0v) is 24.9. The van der Waals surface area contributed by atoms with Crippen molar-refractivity contribution in [3.8, 4) is 11.4 Å². The minimum Gasteiger partial charge on any atom is -0.497 e. The Bertz CT molecular complexity index is 1600. The predicted octanol–water partition coefficient (Wildman–Crippen LogP) is 5.25. The van der Waals surface area contributed by atoms with E-state index < -0.39 is 15.9 Å². The van der Waals surface area contributed by atoms with Gasteiger partial charge in [-0.05, 0) is 74.4 Å². The number of nitrogens with zero attached hydrogens (tertiary/aromatic N) is 3. The van der Waals surface area contributed by atoms with Crippen LogP contribution in [0.15, 0.2) is 99.4 Å². The number of amides is 1. The van der Waals surface area contributed by atoms with Gasteiger partial charge in [0.1, 0.15) is 5.75 Å². The van der Waals surface area contributed by atoms with Crippen molar-refractivity contribution in [2.45, 2.75) is 25.2 Å².